The number of hydrogen-bond donors (Lipinski definition) is 2. The minimum atomic E-state index is 0.563. The molecule has 0 unspecified atom stereocenters. The van der Waals surface area contributed by atoms with Crippen LogP contribution in [-0.4, -0.2) is 0 Å². The van der Waals surface area contributed by atoms with Crippen LogP contribution in [0.15, 0.2) is 36.4 Å². The Morgan fingerprint density at radius 2 is 1.73 bits per heavy atom. The van der Waals surface area contributed by atoms with Crippen molar-refractivity contribution in [2.45, 2.75) is 0 Å². The second-order valence-electron chi connectivity index (χ2n) is 3.61. The summed E-state index contributed by atoms with van der Waals surface area (Å²) in [6.45, 7) is 0. The molecule has 0 spiro atoms. The normalized spacial score (nSPS) is 11.2. The van der Waals surface area contributed by atoms with Gasteiger partial charge in [-0.1, -0.05) is 12.1 Å². The fourth-order valence-electron chi connectivity index (χ4n) is 1.62. The molecular weight excluding hydrogens is 188 g/mol. The lowest BCUT2D eigenvalue weighted by molar-refractivity contribution is 0.475. The van der Waals surface area contributed by atoms with Gasteiger partial charge in [0, 0.05) is 10.9 Å². The first-order valence-corrected chi connectivity index (χ1v) is 4.71. The van der Waals surface area contributed by atoms with Crippen molar-refractivity contribution < 1.29 is 4.74 Å². The molecule has 0 radical (unpaired) electrons. The van der Waals surface area contributed by atoms with Gasteiger partial charge in [0.2, 0.25) is 0 Å². The molecule has 15 heavy (non-hydrogen) atoms. The smallest absolute Gasteiger partial charge is 0.150 e. The maximum atomic E-state index is 5.78. The summed E-state index contributed by atoms with van der Waals surface area (Å²) in [5.41, 5.74) is 12.6. The molecule has 0 bridgehead atoms. The second-order valence-corrected chi connectivity index (χ2v) is 3.61. The number of benzene rings is 2. The van der Waals surface area contributed by atoms with Crippen LogP contribution in [0.4, 0.5) is 11.4 Å². The topological polar surface area (TPSA) is 61.3 Å². The van der Waals surface area contributed by atoms with Crippen molar-refractivity contribution in [3.05, 3.63) is 46.8 Å². The summed E-state index contributed by atoms with van der Waals surface area (Å²) in [7, 11) is 0. The lowest BCUT2D eigenvalue weighted by Gasteiger charge is -2.14. The fourth-order valence-corrected chi connectivity index (χ4v) is 1.62. The van der Waals surface area contributed by atoms with E-state index in [1.165, 1.54) is 10.4 Å². The lowest BCUT2D eigenvalue weighted by atomic mass is 10.1. The average Bonchev–Trinajstić information content (AvgIpc) is 2.17. The van der Waals surface area contributed by atoms with Crippen molar-refractivity contribution in [1.29, 1.82) is 0 Å². The first-order valence-electron chi connectivity index (χ1n) is 4.71. The summed E-state index contributed by atoms with van der Waals surface area (Å²) in [5, 5.41) is 2.42. The van der Waals surface area contributed by atoms with Crippen LogP contribution in [0.2, 0.25) is 0 Å². The van der Waals surface area contributed by atoms with E-state index >= 15 is 0 Å². The van der Waals surface area contributed by atoms with Gasteiger partial charge >= 0.3 is 0 Å². The molecule has 0 saturated heterocycles. The average molecular weight is 198 g/mol. The molecule has 0 amide bonds. The van der Waals surface area contributed by atoms with Crippen molar-refractivity contribution in [3.63, 3.8) is 0 Å². The molecule has 1 aromatic carbocycles. The number of rotatable bonds is 2. The molecule has 2 aliphatic rings. The van der Waals surface area contributed by atoms with Crippen molar-refractivity contribution in [2.75, 3.05) is 11.5 Å². The highest BCUT2D eigenvalue weighted by Gasteiger charge is 2.09. The molecule has 3 nitrogen and oxygen atoms in total. The molecule has 1 aromatic rings. The highest BCUT2D eigenvalue weighted by atomic mass is 16.5. The lowest BCUT2D eigenvalue weighted by Crippen LogP contribution is -1.98. The zero-order chi connectivity index (χ0) is 10.4. The van der Waals surface area contributed by atoms with E-state index in [0.717, 1.165) is 5.75 Å². The Balaban J connectivity index is 1.93. The van der Waals surface area contributed by atoms with E-state index in [9.17, 15) is 0 Å². The molecule has 0 heterocycles. The zero-order valence-corrected chi connectivity index (χ0v) is 8.03. The molecule has 0 saturated carbocycles. The van der Waals surface area contributed by atoms with Gasteiger partial charge in [0.25, 0.3) is 0 Å². The summed E-state index contributed by atoms with van der Waals surface area (Å²) >= 11 is 0. The summed E-state index contributed by atoms with van der Waals surface area (Å²) < 4.78 is 5.64. The largest absolute Gasteiger partial charge is 0.455 e. The summed E-state index contributed by atoms with van der Waals surface area (Å²) in [4.78, 5) is 0. The molecule has 74 valence electrons. The van der Waals surface area contributed by atoms with E-state index in [1.54, 1.807) is 18.2 Å². The van der Waals surface area contributed by atoms with Crippen LogP contribution in [0, 0.1) is 10.4 Å². The number of nitrogen functional groups attached to an aromatic ring is 2. The van der Waals surface area contributed by atoms with Crippen LogP contribution in [0.3, 0.4) is 0 Å². The molecule has 0 aromatic heterocycles. The highest BCUT2D eigenvalue weighted by Crippen LogP contribution is 2.33. The van der Waals surface area contributed by atoms with Crippen molar-refractivity contribution in [1.82, 2.24) is 0 Å². The Bertz CT molecular complexity index is 635. The second kappa shape index (κ2) is 2.67. The Kier molecular flexibility index (Phi) is 1.45. The highest BCUT2D eigenvalue weighted by molar-refractivity contribution is 5.61. The Morgan fingerprint density at radius 3 is 2.27 bits per heavy atom. The third-order valence-electron chi connectivity index (χ3n) is 2.55. The van der Waals surface area contributed by atoms with Gasteiger partial charge in [0.1, 0.15) is 11.5 Å². The Labute approximate surface area is 86.6 Å². The SMILES string of the molecule is Nc1ccc(Oc2cc3ccc2=3)c(N)c1. The number of hydrogen-bond acceptors (Lipinski definition) is 3. The maximum Gasteiger partial charge on any atom is 0.150 e. The van der Waals surface area contributed by atoms with Gasteiger partial charge in [-0.2, -0.15) is 0 Å². The van der Waals surface area contributed by atoms with Gasteiger partial charge in [-0.05, 0) is 29.5 Å². The predicted octanol–water partition coefficient (Wildman–Crippen LogP) is 2.24. The quantitative estimate of drug-likeness (QED) is 0.621. The Hall–Kier alpha value is -2.16. The van der Waals surface area contributed by atoms with E-state index in [-0.39, 0.29) is 0 Å². The molecule has 2 aliphatic carbocycles. The van der Waals surface area contributed by atoms with E-state index in [1.807, 2.05) is 12.1 Å². The van der Waals surface area contributed by atoms with Crippen LogP contribution in [-0.2, 0) is 0 Å². The van der Waals surface area contributed by atoms with Crippen molar-refractivity contribution >= 4 is 11.4 Å². The van der Waals surface area contributed by atoms with E-state index < -0.39 is 0 Å². The van der Waals surface area contributed by atoms with Gasteiger partial charge in [-0.3, -0.25) is 0 Å². The van der Waals surface area contributed by atoms with Crippen molar-refractivity contribution in [2.24, 2.45) is 0 Å². The van der Waals surface area contributed by atoms with Gasteiger partial charge in [-0.15, -0.1) is 0 Å². The summed E-state index contributed by atoms with van der Waals surface area (Å²) in [6.07, 6.45) is 0. The minimum absolute atomic E-state index is 0.563. The van der Waals surface area contributed by atoms with E-state index in [2.05, 4.69) is 6.07 Å². The Morgan fingerprint density at radius 1 is 0.867 bits per heavy atom. The van der Waals surface area contributed by atoms with Gasteiger partial charge < -0.3 is 16.2 Å². The standard InChI is InChI=1S/C12H10N2O/c13-8-2-4-11(10(14)6-8)15-12-5-7-1-3-9(7)12/h1-6H,13-14H2. The molecule has 0 atom stereocenters. The summed E-state index contributed by atoms with van der Waals surface area (Å²) in [6, 6.07) is 11.3. The molecule has 3 rings (SSSR count). The van der Waals surface area contributed by atoms with Gasteiger partial charge in [0.05, 0.1) is 5.69 Å². The minimum Gasteiger partial charge on any atom is -0.455 e. The van der Waals surface area contributed by atoms with Crippen LogP contribution in [0.25, 0.3) is 0 Å². The van der Waals surface area contributed by atoms with E-state index in [4.69, 9.17) is 16.2 Å². The third kappa shape index (κ3) is 1.13. The predicted molar refractivity (Wildman–Crippen MR) is 59.5 cm³/mol. The molecule has 4 N–H and O–H groups in total. The molecule has 3 heteroatoms. The first-order chi connectivity index (χ1) is 7.24. The van der Waals surface area contributed by atoms with Crippen LogP contribution < -0.4 is 16.2 Å². The van der Waals surface area contributed by atoms with Crippen LogP contribution in [0.1, 0.15) is 0 Å². The fraction of sp³-hybridized carbons (Fsp3) is 0. The number of ether oxygens (including phenoxy) is 1. The number of anilines is 2. The molecule has 0 aliphatic heterocycles. The summed E-state index contributed by atoms with van der Waals surface area (Å²) in [5.74, 6) is 1.53. The van der Waals surface area contributed by atoms with Crippen molar-refractivity contribution in [3.8, 4) is 11.5 Å². The maximum absolute atomic E-state index is 5.78. The van der Waals surface area contributed by atoms with Crippen LogP contribution in [0.5, 0.6) is 11.5 Å². The van der Waals surface area contributed by atoms with Crippen LogP contribution >= 0.6 is 0 Å². The number of nitrogens with two attached hydrogens (primary N) is 2. The monoisotopic (exact) mass is 198 g/mol. The zero-order valence-electron chi connectivity index (χ0n) is 8.03. The molecule has 0 fully saturated rings. The van der Waals surface area contributed by atoms with E-state index in [0.29, 0.717) is 17.1 Å². The van der Waals surface area contributed by atoms with Gasteiger partial charge in [-0.25, -0.2) is 0 Å². The molecular formula is C12H10N2O. The van der Waals surface area contributed by atoms with Gasteiger partial charge in [0.15, 0.2) is 0 Å². The third-order valence-corrected chi connectivity index (χ3v) is 2.55. The first kappa shape index (κ1) is 8.17.